The van der Waals surface area contributed by atoms with E-state index in [9.17, 15) is 0 Å². The molecule has 0 fully saturated rings. The fourth-order valence-electron chi connectivity index (χ4n) is 8.22. The van der Waals surface area contributed by atoms with Gasteiger partial charge >= 0.3 is 0 Å². The summed E-state index contributed by atoms with van der Waals surface area (Å²) in [4.78, 5) is 2.46. The summed E-state index contributed by atoms with van der Waals surface area (Å²) in [6.45, 7) is 0. The van der Waals surface area contributed by atoms with E-state index >= 15 is 0 Å². The van der Waals surface area contributed by atoms with Gasteiger partial charge in [0, 0.05) is 16.8 Å². The zero-order valence-corrected chi connectivity index (χ0v) is 29.2. The molecule has 0 heterocycles. The Morgan fingerprint density at radius 3 is 1.36 bits per heavy atom. The normalized spacial score (nSPS) is 11.4. The number of fused-ring (bicyclic) bond motifs is 7. The highest BCUT2D eigenvalue weighted by atomic mass is 15.1. The molecule has 10 aromatic carbocycles. The van der Waals surface area contributed by atoms with Crippen LogP contribution in [0.25, 0.3) is 76.5 Å². The van der Waals surface area contributed by atoms with Crippen molar-refractivity contribution in [1.29, 1.82) is 0 Å². The first-order valence-electron chi connectivity index (χ1n) is 18.3. The van der Waals surface area contributed by atoms with E-state index in [1.165, 1.54) is 76.5 Å². The molecule has 10 rings (SSSR count). The van der Waals surface area contributed by atoms with Crippen molar-refractivity contribution in [1.82, 2.24) is 0 Å². The van der Waals surface area contributed by atoms with Crippen molar-refractivity contribution >= 4 is 60.2 Å². The van der Waals surface area contributed by atoms with E-state index < -0.39 is 0 Å². The third-order valence-corrected chi connectivity index (χ3v) is 10.6. The van der Waals surface area contributed by atoms with E-state index in [4.69, 9.17) is 0 Å². The Morgan fingerprint density at radius 1 is 0.245 bits per heavy atom. The smallest absolute Gasteiger partial charge is 0.0540 e. The second-order valence-corrected chi connectivity index (χ2v) is 13.7. The number of anilines is 3. The molecule has 0 N–H and O–H groups in total. The second-order valence-electron chi connectivity index (χ2n) is 13.7. The van der Waals surface area contributed by atoms with E-state index in [2.05, 4.69) is 217 Å². The van der Waals surface area contributed by atoms with Crippen LogP contribution < -0.4 is 4.90 Å². The summed E-state index contributed by atoms with van der Waals surface area (Å²) in [5, 5.41) is 10.1. The molecule has 0 atom stereocenters. The zero-order chi connectivity index (χ0) is 35.1. The SMILES string of the molecule is c1ccc(-c2ccccc2N(c2ccc3c4ccccc4c4ccccc4c3c2)c2ccccc2-c2cccc(-c3cccc4ccccc34)c2)cc1. The quantitative estimate of drug-likeness (QED) is 0.159. The molecule has 1 heteroatoms. The van der Waals surface area contributed by atoms with E-state index in [0.717, 1.165) is 17.1 Å². The van der Waals surface area contributed by atoms with Crippen molar-refractivity contribution in [2.45, 2.75) is 0 Å². The van der Waals surface area contributed by atoms with Crippen LogP contribution in [0.1, 0.15) is 0 Å². The molecule has 0 aromatic heterocycles. The van der Waals surface area contributed by atoms with Gasteiger partial charge in [0.05, 0.1) is 11.4 Å². The average molecular weight is 674 g/mol. The Bertz CT molecular complexity index is 2920. The molecule has 0 bridgehead atoms. The molecule has 0 aliphatic carbocycles. The molecule has 0 saturated heterocycles. The Hall–Kier alpha value is -6.96. The molecule has 0 spiro atoms. The monoisotopic (exact) mass is 673 g/mol. The Balaban J connectivity index is 1.23. The summed E-state index contributed by atoms with van der Waals surface area (Å²) >= 11 is 0. The largest absolute Gasteiger partial charge is 0.309 e. The summed E-state index contributed by atoms with van der Waals surface area (Å²) in [6, 6.07) is 77.3. The van der Waals surface area contributed by atoms with Crippen LogP contribution in [0, 0.1) is 0 Å². The molecule has 248 valence electrons. The Labute approximate surface area is 309 Å². The van der Waals surface area contributed by atoms with Gasteiger partial charge in [-0.25, -0.2) is 0 Å². The molecule has 10 aromatic rings. The molecule has 0 saturated carbocycles. The predicted octanol–water partition coefficient (Wildman–Crippen LogP) is 14.8. The molecule has 0 aliphatic heterocycles. The Kier molecular flexibility index (Phi) is 7.55. The third-order valence-electron chi connectivity index (χ3n) is 10.6. The summed E-state index contributed by atoms with van der Waals surface area (Å²) in [5.41, 5.74) is 10.5. The summed E-state index contributed by atoms with van der Waals surface area (Å²) in [6.07, 6.45) is 0. The van der Waals surface area contributed by atoms with Gasteiger partial charge in [-0.05, 0) is 95.7 Å². The van der Waals surface area contributed by atoms with Crippen LogP contribution in [0.4, 0.5) is 17.1 Å². The average Bonchev–Trinajstić information content (AvgIpc) is 3.24. The van der Waals surface area contributed by atoms with Gasteiger partial charge in [-0.1, -0.05) is 182 Å². The standard InChI is InChI=1S/C52H35N/c1-2-16-37(17-3-1)43-23-10-12-30-51(43)53(40-32-33-49-47-27-7-6-25-45(47)46-26-8-9-28-48(46)50(49)35-40)52-31-13-11-24-44(52)39-21-14-20-38(34-39)42-29-15-19-36-18-4-5-22-41(36)42/h1-35H. The first kappa shape index (κ1) is 30.8. The Morgan fingerprint density at radius 2 is 0.679 bits per heavy atom. The lowest BCUT2D eigenvalue weighted by Gasteiger charge is -2.30. The van der Waals surface area contributed by atoms with Crippen LogP contribution in [0.5, 0.6) is 0 Å². The number of hydrogen-bond donors (Lipinski definition) is 0. The fraction of sp³-hybridized carbons (Fsp3) is 0. The molecule has 0 amide bonds. The molecule has 53 heavy (non-hydrogen) atoms. The highest BCUT2D eigenvalue weighted by Gasteiger charge is 2.21. The number of rotatable bonds is 6. The van der Waals surface area contributed by atoms with Gasteiger partial charge in [0.2, 0.25) is 0 Å². The van der Waals surface area contributed by atoms with Crippen LogP contribution in [-0.2, 0) is 0 Å². The highest BCUT2D eigenvalue weighted by Crippen LogP contribution is 2.47. The van der Waals surface area contributed by atoms with Gasteiger partial charge in [-0.3, -0.25) is 0 Å². The van der Waals surface area contributed by atoms with E-state index in [1.54, 1.807) is 0 Å². The van der Waals surface area contributed by atoms with E-state index in [-0.39, 0.29) is 0 Å². The number of nitrogens with zero attached hydrogens (tertiary/aromatic N) is 1. The molecule has 0 aliphatic rings. The van der Waals surface area contributed by atoms with Crippen LogP contribution >= 0.6 is 0 Å². The lowest BCUT2D eigenvalue weighted by molar-refractivity contribution is 1.29. The van der Waals surface area contributed by atoms with Gasteiger partial charge in [-0.2, -0.15) is 0 Å². The van der Waals surface area contributed by atoms with E-state index in [1.807, 2.05) is 0 Å². The molecule has 1 nitrogen and oxygen atoms in total. The molecule has 0 unspecified atom stereocenters. The first-order chi connectivity index (χ1) is 26.3. The minimum Gasteiger partial charge on any atom is -0.309 e. The third kappa shape index (κ3) is 5.34. The maximum absolute atomic E-state index is 2.46. The van der Waals surface area contributed by atoms with Crippen molar-refractivity contribution in [2.24, 2.45) is 0 Å². The van der Waals surface area contributed by atoms with Gasteiger partial charge in [0.1, 0.15) is 0 Å². The van der Waals surface area contributed by atoms with Crippen LogP contribution in [-0.4, -0.2) is 0 Å². The summed E-state index contributed by atoms with van der Waals surface area (Å²) in [7, 11) is 0. The predicted molar refractivity (Wildman–Crippen MR) is 227 cm³/mol. The van der Waals surface area contributed by atoms with Crippen LogP contribution in [0.15, 0.2) is 212 Å². The number of para-hydroxylation sites is 2. The van der Waals surface area contributed by atoms with Crippen molar-refractivity contribution in [3.05, 3.63) is 212 Å². The summed E-state index contributed by atoms with van der Waals surface area (Å²) in [5.74, 6) is 0. The minimum atomic E-state index is 1.11. The lowest BCUT2D eigenvalue weighted by atomic mass is 9.93. The van der Waals surface area contributed by atoms with Crippen molar-refractivity contribution < 1.29 is 0 Å². The lowest BCUT2D eigenvalue weighted by Crippen LogP contribution is -2.12. The van der Waals surface area contributed by atoms with E-state index in [0.29, 0.717) is 0 Å². The van der Waals surface area contributed by atoms with Gasteiger partial charge in [0.15, 0.2) is 0 Å². The fourth-order valence-corrected chi connectivity index (χ4v) is 8.22. The minimum absolute atomic E-state index is 1.11. The second kappa shape index (κ2) is 13.0. The van der Waals surface area contributed by atoms with Crippen molar-refractivity contribution in [3.63, 3.8) is 0 Å². The molecular weight excluding hydrogens is 639 g/mol. The van der Waals surface area contributed by atoms with Crippen molar-refractivity contribution in [2.75, 3.05) is 4.90 Å². The number of hydrogen-bond acceptors (Lipinski definition) is 1. The van der Waals surface area contributed by atoms with Gasteiger partial charge in [-0.15, -0.1) is 0 Å². The van der Waals surface area contributed by atoms with Gasteiger partial charge in [0.25, 0.3) is 0 Å². The van der Waals surface area contributed by atoms with Crippen LogP contribution in [0.2, 0.25) is 0 Å². The van der Waals surface area contributed by atoms with Gasteiger partial charge < -0.3 is 4.90 Å². The summed E-state index contributed by atoms with van der Waals surface area (Å²) < 4.78 is 0. The first-order valence-corrected chi connectivity index (χ1v) is 18.3. The zero-order valence-electron chi connectivity index (χ0n) is 29.2. The molecule has 0 radical (unpaired) electrons. The van der Waals surface area contributed by atoms with Crippen LogP contribution in [0.3, 0.4) is 0 Å². The number of benzene rings is 10. The van der Waals surface area contributed by atoms with Crippen molar-refractivity contribution in [3.8, 4) is 33.4 Å². The maximum Gasteiger partial charge on any atom is 0.0540 e. The highest BCUT2D eigenvalue weighted by molar-refractivity contribution is 6.26. The molecular formula is C52H35N. The topological polar surface area (TPSA) is 3.24 Å². The maximum atomic E-state index is 2.46.